The van der Waals surface area contributed by atoms with Gasteiger partial charge >= 0.3 is 0 Å². The van der Waals surface area contributed by atoms with Gasteiger partial charge in [0.1, 0.15) is 5.01 Å². The Hall–Kier alpha value is -0.670. The highest BCUT2D eigenvalue weighted by Crippen LogP contribution is 2.31. The second-order valence-corrected chi connectivity index (χ2v) is 5.75. The van der Waals surface area contributed by atoms with Crippen LogP contribution in [0.25, 0.3) is 10.6 Å². The van der Waals surface area contributed by atoms with Crippen LogP contribution in [0.3, 0.4) is 0 Å². The first kappa shape index (κ1) is 10.8. The molecule has 0 amide bonds. The largest absolute Gasteiger partial charge is 0.240 e. The van der Waals surface area contributed by atoms with Crippen LogP contribution < -0.4 is 0 Å². The first-order chi connectivity index (χ1) is 7.20. The average Bonchev–Trinajstić information content (AvgIpc) is 2.59. The monoisotopic (exact) mass is 281 g/mol. The first-order valence-corrected chi connectivity index (χ1v) is 6.54. The molecule has 1 aromatic carbocycles. The molecule has 0 atom stereocenters. The molecule has 1 nitrogen and oxygen atoms in total. The third-order valence-corrected chi connectivity index (χ3v) is 4.40. The molecule has 0 spiro atoms. The lowest BCUT2D eigenvalue weighted by atomic mass is 10.1. The Bertz CT molecular complexity index is 439. The number of nitrogens with zero attached hydrogens (tertiary/aromatic N) is 1. The Balaban J connectivity index is 2.37. The quantitative estimate of drug-likeness (QED) is 0.793. The molecule has 2 aromatic rings. The third-order valence-electron chi connectivity index (χ3n) is 2.35. The van der Waals surface area contributed by atoms with E-state index in [4.69, 9.17) is 0 Å². The van der Waals surface area contributed by atoms with Crippen LogP contribution in [-0.4, -0.2) is 4.98 Å². The molecule has 0 aliphatic heterocycles. The van der Waals surface area contributed by atoms with E-state index in [1.807, 2.05) is 6.92 Å². The zero-order chi connectivity index (χ0) is 10.8. The van der Waals surface area contributed by atoms with Gasteiger partial charge in [-0.15, -0.1) is 11.3 Å². The Morgan fingerprint density at radius 2 is 1.93 bits per heavy atom. The van der Waals surface area contributed by atoms with E-state index in [2.05, 4.69) is 52.1 Å². The summed E-state index contributed by atoms with van der Waals surface area (Å²) in [6.07, 6.45) is 1.08. The molecule has 0 radical (unpaired) electrons. The van der Waals surface area contributed by atoms with Crippen LogP contribution in [0.5, 0.6) is 0 Å². The van der Waals surface area contributed by atoms with E-state index in [0.717, 1.165) is 20.9 Å². The van der Waals surface area contributed by atoms with Gasteiger partial charge in [-0.3, -0.25) is 0 Å². The van der Waals surface area contributed by atoms with E-state index in [1.165, 1.54) is 11.1 Å². The molecule has 3 heteroatoms. The molecule has 2 rings (SSSR count). The molecule has 0 bridgehead atoms. The van der Waals surface area contributed by atoms with Crippen LogP contribution in [-0.2, 0) is 6.42 Å². The predicted octanol–water partition coefficient (Wildman–Crippen LogP) is 4.44. The summed E-state index contributed by atoms with van der Waals surface area (Å²) in [4.78, 5) is 4.51. The Morgan fingerprint density at radius 1 is 1.27 bits per heavy atom. The van der Waals surface area contributed by atoms with Crippen LogP contribution in [0.4, 0.5) is 0 Å². The minimum absolute atomic E-state index is 1.06. The van der Waals surface area contributed by atoms with E-state index in [1.54, 1.807) is 11.3 Å². The number of aromatic nitrogens is 1. The van der Waals surface area contributed by atoms with Crippen molar-refractivity contribution in [2.45, 2.75) is 20.3 Å². The molecular formula is C12H12BrNS. The molecule has 0 aliphatic rings. The zero-order valence-corrected chi connectivity index (χ0v) is 11.2. The number of halogens is 1. The topological polar surface area (TPSA) is 12.9 Å². The number of rotatable bonds is 2. The van der Waals surface area contributed by atoms with Gasteiger partial charge < -0.3 is 0 Å². The number of thiazole rings is 1. The van der Waals surface area contributed by atoms with Crippen molar-refractivity contribution >= 4 is 27.3 Å². The molecule has 0 N–H and O–H groups in total. The second-order valence-electron chi connectivity index (χ2n) is 3.43. The maximum absolute atomic E-state index is 4.51. The number of hydrogen-bond donors (Lipinski definition) is 0. The van der Waals surface area contributed by atoms with Crippen molar-refractivity contribution in [2.75, 3.05) is 0 Å². The lowest BCUT2D eigenvalue weighted by Gasteiger charge is -1.98. The molecular weight excluding hydrogens is 270 g/mol. The Morgan fingerprint density at radius 3 is 2.40 bits per heavy atom. The summed E-state index contributed by atoms with van der Waals surface area (Å²) in [5, 5.41) is 1.09. The summed E-state index contributed by atoms with van der Waals surface area (Å²) in [7, 11) is 0. The molecule has 15 heavy (non-hydrogen) atoms. The van der Waals surface area contributed by atoms with Gasteiger partial charge in [0, 0.05) is 5.56 Å². The molecule has 0 saturated heterocycles. The van der Waals surface area contributed by atoms with Crippen molar-refractivity contribution in [3.8, 4) is 10.6 Å². The number of benzene rings is 1. The maximum atomic E-state index is 4.51. The molecule has 0 fully saturated rings. The normalized spacial score (nSPS) is 10.6. The second kappa shape index (κ2) is 4.45. The highest BCUT2D eigenvalue weighted by atomic mass is 79.9. The standard InChI is InChI=1S/C12H12BrNS/c1-3-9-4-6-10(7-5-9)12-14-8(2)11(13)15-12/h4-7H,3H2,1-2H3. The van der Waals surface area contributed by atoms with Crippen molar-refractivity contribution in [1.82, 2.24) is 4.98 Å². The Labute approximate surface area is 102 Å². The summed E-state index contributed by atoms with van der Waals surface area (Å²) in [6, 6.07) is 8.62. The summed E-state index contributed by atoms with van der Waals surface area (Å²) >= 11 is 5.18. The molecule has 78 valence electrons. The van der Waals surface area contributed by atoms with Crippen LogP contribution in [0, 0.1) is 6.92 Å². The van der Waals surface area contributed by atoms with Gasteiger partial charge in [0.25, 0.3) is 0 Å². The number of aryl methyl sites for hydroxylation is 2. The van der Waals surface area contributed by atoms with E-state index in [-0.39, 0.29) is 0 Å². The van der Waals surface area contributed by atoms with Gasteiger partial charge in [-0.25, -0.2) is 4.98 Å². The maximum Gasteiger partial charge on any atom is 0.124 e. The van der Waals surface area contributed by atoms with E-state index < -0.39 is 0 Å². The molecule has 0 unspecified atom stereocenters. The van der Waals surface area contributed by atoms with E-state index >= 15 is 0 Å². The lowest BCUT2D eigenvalue weighted by molar-refractivity contribution is 1.14. The van der Waals surface area contributed by atoms with E-state index in [9.17, 15) is 0 Å². The van der Waals surface area contributed by atoms with Gasteiger partial charge in [0.15, 0.2) is 0 Å². The van der Waals surface area contributed by atoms with Gasteiger partial charge in [-0.05, 0) is 34.8 Å². The minimum atomic E-state index is 1.06. The van der Waals surface area contributed by atoms with Gasteiger partial charge in [0.05, 0.1) is 9.48 Å². The molecule has 1 aromatic heterocycles. The third kappa shape index (κ3) is 2.29. The van der Waals surface area contributed by atoms with Crippen LogP contribution in [0.1, 0.15) is 18.2 Å². The fourth-order valence-electron chi connectivity index (χ4n) is 1.38. The predicted molar refractivity (Wildman–Crippen MR) is 69.4 cm³/mol. The van der Waals surface area contributed by atoms with Crippen molar-refractivity contribution in [3.05, 3.63) is 39.3 Å². The number of hydrogen-bond acceptors (Lipinski definition) is 2. The Kier molecular flexibility index (Phi) is 3.22. The fraction of sp³-hybridized carbons (Fsp3) is 0.250. The highest BCUT2D eigenvalue weighted by Gasteiger charge is 2.06. The van der Waals surface area contributed by atoms with Crippen molar-refractivity contribution in [3.63, 3.8) is 0 Å². The fourth-order valence-corrected chi connectivity index (χ4v) is 2.73. The highest BCUT2D eigenvalue weighted by molar-refractivity contribution is 9.11. The van der Waals surface area contributed by atoms with Crippen LogP contribution >= 0.6 is 27.3 Å². The van der Waals surface area contributed by atoms with E-state index in [0.29, 0.717) is 0 Å². The lowest BCUT2D eigenvalue weighted by Crippen LogP contribution is -1.80. The summed E-state index contributed by atoms with van der Waals surface area (Å²) in [5.41, 5.74) is 3.63. The van der Waals surface area contributed by atoms with Crippen LogP contribution in [0.15, 0.2) is 28.1 Å². The van der Waals surface area contributed by atoms with Crippen LogP contribution in [0.2, 0.25) is 0 Å². The first-order valence-electron chi connectivity index (χ1n) is 4.93. The summed E-state index contributed by atoms with van der Waals surface area (Å²) in [6.45, 7) is 4.18. The SMILES string of the molecule is CCc1ccc(-c2nc(C)c(Br)s2)cc1. The van der Waals surface area contributed by atoms with Gasteiger partial charge in [-0.1, -0.05) is 31.2 Å². The molecule has 0 aliphatic carbocycles. The van der Waals surface area contributed by atoms with Crippen molar-refractivity contribution in [2.24, 2.45) is 0 Å². The summed E-state index contributed by atoms with van der Waals surface area (Å²) < 4.78 is 1.12. The smallest absolute Gasteiger partial charge is 0.124 e. The molecule has 0 saturated carbocycles. The zero-order valence-electron chi connectivity index (χ0n) is 8.75. The van der Waals surface area contributed by atoms with Crippen molar-refractivity contribution < 1.29 is 0 Å². The minimum Gasteiger partial charge on any atom is -0.240 e. The molecule has 1 heterocycles. The average molecular weight is 282 g/mol. The van der Waals surface area contributed by atoms with Gasteiger partial charge in [-0.2, -0.15) is 0 Å². The van der Waals surface area contributed by atoms with Gasteiger partial charge in [0.2, 0.25) is 0 Å². The van der Waals surface area contributed by atoms with Crippen molar-refractivity contribution in [1.29, 1.82) is 0 Å². The summed E-state index contributed by atoms with van der Waals surface area (Å²) in [5.74, 6) is 0.